The van der Waals surface area contributed by atoms with Gasteiger partial charge in [0.25, 0.3) is 0 Å². The Morgan fingerprint density at radius 1 is 1.03 bits per heavy atom. The molecule has 1 heterocycles. The van der Waals surface area contributed by atoms with Crippen LogP contribution in [-0.2, 0) is 21.2 Å². The molecule has 34 heavy (non-hydrogen) atoms. The number of para-hydroxylation sites is 1. The Balaban J connectivity index is 1.41. The minimum atomic E-state index is -3.77. The van der Waals surface area contributed by atoms with E-state index >= 15 is 0 Å². The van der Waals surface area contributed by atoms with Gasteiger partial charge in [0.2, 0.25) is 15.9 Å². The summed E-state index contributed by atoms with van der Waals surface area (Å²) in [5.74, 6) is 0.530. The zero-order chi connectivity index (χ0) is 24.6. The van der Waals surface area contributed by atoms with Crippen LogP contribution in [0.25, 0.3) is 5.69 Å². The molecule has 3 aromatic rings. The van der Waals surface area contributed by atoms with Crippen molar-refractivity contribution in [3.05, 3.63) is 66.0 Å². The minimum Gasteiger partial charge on any atom is -0.493 e. The molecule has 3 rings (SSSR count). The van der Waals surface area contributed by atoms with Crippen molar-refractivity contribution < 1.29 is 22.7 Å². The first-order chi connectivity index (χ1) is 16.3. The molecule has 2 N–H and O–H groups in total. The molecule has 1 amide bonds. The zero-order valence-electron chi connectivity index (χ0n) is 19.6. The Hall–Kier alpha value is -3.37. The van der Waals surface area contributed by atoms with E-state index in [9.17, 15) is 13.2 Å². The highest BCUT2D eigenvalue weighted by molar-refractivity contribution is 7.89. The second-order valence-electron chi connectivity index (χ2n) is 7.64. The van der Waals surface area contributed by atoms with Crippen LogP contribution in [0.4, 0.5) is 0 Å². The number of carbonyl (C=O) groups is 1. The number of nitrogens with one attached hydrogen (secondary N) is 2. The third kappa shape index (κ3) is 6.58. The maximum atomic E-state index is 12.5. The summed E-state index contributed by atoms with van der Waals surface area (Å²) in [6.07, 6.45) is 3.59. The number of rotatable bonds is 12. The van der Waals surface area contributed by atoms with E-state index in [1.54, 1.807) is 0 Å². The lowest BCUT2D eigenvalue weighted by Crippen LogP contribution is -2.31. The molecule has 0 aliphatic carbocycles. The number of aryl methyl sites for hydroxylation is 2. The van der Waals surface area contributed by atoms with Crippen LogP contribution in [0, 0.1) is 6.92 Å². The number of nitrogens with zero attached hydrogens (tertiary/aromatic N) is 2. The molecule has 0 spiro atoms. The van der Waals surface area contributed by atoms with Crippen molar-refractivity contribution in [2.24, 2.45) is 0 Å². The number of amides is 1. The molecule has 0 fully saturated rings. The van der Waals surface area contributed by atoms with E-state index in [-0.39, 0.29) is 23.8 Å². The molecule has 0 aliphatic heterocycles. The second-order valence-corrected chi connectivity index (χ2v) is 9.40. The Morgan fingerprint density at radius 2 is 1.76 bits per heavy atom. The van der Waals surface area contributed by atoms with Gasteiger partial charge in [-0.05, 0) is 49.6 Å². The lowest BCUT2D eigenvalue weighted by Gasteiger charge is -2.11. The van der Waals surface area contributed by atoms with Crippen LogP contribution >= 0.6 is 0 Å². The first-order valence-corrected chi connectivity index (χ1v) is 12.4. The standard InChI is InChI=1S/C24H30N4O5S/c1-18-19(17-28(27-18)20-9-5-4-6-10-20)8-7-14-25-24(29)13-15-26-34(30,31)21-11-12-22(32-2)23(16-21)33-3/h4-6,9-12,16-17,26H,7-8,13-15H2,1-3H3,(H,25,29). The van der Waals surface area contributed by atoms with Gasteiger partial charge in [0.05, 0.1) is 30.5 Å². The van der Waals surface area contributed by atoms with E-state index in [2.05, 4.69) is 15.1 Å². The Bertz CT molecular complexity index is 1210. The van der Waals surface area contributed by atoms with Crippen molar-refractivity contribution in [2.45, 2.75) is 31.1 Å². The van der Waals surface area contributed by atoms with Crippen LogP contribution in [0.1, 0.15) is 24.1 Å². The molecular formula is C24H30N4O5S. The average molecular weight is 487 g/mol. The van der Waals surface area contributed by atoms with Crippen molar-refractivity contribution in [1.29, 1.82) is 0 Å². The van der Waals surface area contributed by atoms with Gasteiger partial charge in [0.1, 0.15) is 0 Å². The van der Waals surface area contributed by atoms with Crippen molar-refractivity contribution in [3.8, 4) is 17.2 Å². The second kappa shape index (κ2) is 11.7. The summed E-state index contributed by atoms with van der Waals surface area (Å²) in [7, 11) is -0.868. The number of sulfonamides is 1. The Kier molecular flexibility index (Phi) is 8.67. The predicted octanol–water partition coefficient (Wildman–Crippen LogP) is 2.62. The topological polar surface area (TPSA) is 112 Å². The van der Waals surface area contributed by atoms with Gasteiger partial charge in [-0.2, -0.15) is 5.10 Å². The molecular weight excluding hydrogens is 456 g/mol. The quantitative estimate of drug-likeness (QED) is 0.381. The van der Waals surface area contributed by atoms with E-state index in [0.717, 1.165) is 29.8 Å². The number of ether oxygens (including phenoxy) is 2. The number of carbonyl (C=O) groups excluding carboxylic acids is 1. The van der Waals surface area contributed by atoms with Gasteiger partial charge in [0, 0.05) is 31.8 Å². The highest BCUT2D eigenvalue weighted by Gasteiger charge is 2.17. The highest BCUT2D eigenvalue weighted by atomic mass is 32.2. The molecule has 2 aromatic carbocycles. The van der Waals surface area contributed by atoms with Gasteiger partial charge in [-0.1, -0.05) is 18.2 Å². The van der Waals surface area contributed by atoms with Crippen LogP contribution in [0.5, 0.6) is 11.5 Å². The maximum absolute atomic E-state index is 12.5. The maximum Gasteiger partial charge on any atom is 0.240 e. The third-order valence-corrected chi connectivity index (χ3v) is 6.73. The zero-order valence-corrected chi connectivity index (χ0v) is 20.4. The number of methoxy groups -OCH3 is 2. The molecule has 0 aliphatic rings. The molecule has 0 atom stereocenters. The molecule has 0 unspecified atom stereocenters. The normalized spacial score (nSPS) is 11.3. The number of benzene rings is 2. The largest absolute Gasteiger partial charge is 0.493 e. The molecule has 10 heteroatoms. The Morgan fingerprint density at radius 3 is 2.47 bits per heavy atom. The van der Waals surface area contributed by atoms with E-state index in [0.29, 0.717) is 18.0 Å². The smallest absolute Gasteiger partial charge is 0.240 e. The summed E-state index contributed by atoms with van der Waals surface area (Å²) in [6, 6.07) is 14.2. The van der Waals surface area contributed by atoms with Gasteiger partial charge in [-0.25, -0.2) is 17.8 Å². The van der Waals surface area contributed by atoms with E-state index < -0.39 is 10.0 Å². The molecule has 1 aromatic heterocycles. The molecule has 182 valence electrons. The lowest BCUT2D eigenvalue weighted by atomic mass is 10.1. The number of hydrogen-bond donors (Lipinski definition) is 2. The molecule has 0 bridgehead atoms. The summed E-state index contributed by atoms with van der Waals surface area (Å²) in [6.45, 7) is 2.46. The predicted molar refractivity (Wildman–Crippen MR) is 129 cm³/mol. The van der Waals surface area contributed by atoms with Crippen LogP contribution < -0.4 is 19.5 Å². The van der Waals surface area contributed by atoms with Crippen molar-refractivity contribution in [2.75, 3.05) is 27.3 Å². The molecule has 0 saturated heterocycles. The van der Waals surface area contributed by atoms with Crippen LogP contribution in [0.3, 0.4) is 0 Å². The van der Waals surface area contributed by atoms with E-state index in [4.69, 9.17) is 9.47 Å². The monoisotopic (exact) mass is 486 g/mol. The summed E-state index contributed by atoms with van der Waals surface area (Å²) < 4.78 is 39.5. The fourth-order valence-corrected chi connectivity index (χ4v) is 4.46. The van der Waals surface area contributed by atoms with Crippen LogP contribution in [0.2, 0.25) is 0 Å². The summed E-state index contributed by atoms with van der Waals surface area (Å²) >= 11 is 0. The summed E-state index contributed by atoms with van der Waals surface area (Å²) in [5.41, 5.74) is 3.08. The molecule has 0 radical (unpaired) electrons. The highest BCUT2D eigenvalue weighted by Crippen LogP contribution is 2.29. The fraction of sp³-hybridized carbons (Fsp3) is 0.333. The van der Waals surface area contributed by atoms with E-state index in [1.807, 2.05) is 48.1 Å². The van der Waals surface area contributed by atoms with Gasteiger partial charge in [-0.15, -0.1) is 0 Å². The first-order valence-electron chi connectivity index (χ1n) is 10.9. The van der Waals surface area contributed by atoms with Gasteiger partial charge in [0.15, 0.2) is 11.5 Å². The SMILES string of the molecule is COc1ccc(S(=O)(=O)NCCC(=O)NCCCc2cn(-c3ccccc3)nc2C)cc1OC. The molecule has 0 saturated carbocycles. The van der Waals surface area contributed by atoms with Gasteiger partial charge in [-0.3, -0.25) is 4.79 Å². The summed E-state index contributed by atoms with van der Waals surface area (Å²) in [4.78, 5) is 12.2. The third-order valence-electron chi connectivity index (χ3n) is 5.28. The number of aromatic nitrogens is 2. The van der Waals surface area contributed by atoms with Crippen LogP contribution in [0.15, 0.2) is 59.6 Å². The Labute approximate surface area is 200 Å². The van der Waals surface area contributed by atoms with Crippen molar-refractivity contribution in [1.82, 2.24) is 19.8 Å². The van der Waals surface area contributed by atoms with E-state index in [1.165, 1.54) is 32.4 Å². The first kappa shape index (κ1) is 25.3. The summed E-state index contributed by atoms with van der Waals surface area (Å²) in [5, 5.41) is 7.39. The fourth-order valence-electron chi connectivity index (χ4n) is 3.42. The lowest BCUT2D eigenvalue weighted by molar-refractivity contribution is -0.120. The average Bonchev–Trinajstić information content (AvgIpc) is 3.22. The molecule has 9 nitrogen and oxygen atoms in total. The van der Waals surface area contributed by atoms with Gasteiger partial charge < -0.3 is 14.8 Å². The number of hydrogen-bond acceptors (Lipinski definition) is 6. The van der Waals surface area contributed by atoms with Crippen molar-refractivity contribution >= 4 is 15.9 Å². The van der Waals surface area contributed by atoms with Crippen molar-refractivity contribution in [3.63, 3.8) is 0 Å². The minimum absolute atomic E-state index is 0.00847. The van der Waals surface area contributed by atoms with Gasteiger partial charge >= 0.3 is 0 Å². The van der Waals surface area contributed by atoms with Crippen LogP contribution in [-0.4, -0.2) is 51.4 Å².